The van der Waals surface area contributed by atoms with Crippen LogP contribution in [0.25, 0.3) is 0 Å². The first-order valence-electron chi connectivity index (χ1n) is 7.55. The number of nitrogens with one attached hydrogen (secondary N) is 2. The first kappa shape index (κ1) is 17.6. The molecule has 1 atom stereocenters. The van der Waals surface area contributed by atoms with Crippen molar-refractivity contribution in [2.45, 2.75) is 13.0 Å². The molecule has 1 amide bonds. The van der Waals surface area contributed by atoms with Gasteiger partial charge in [-0.05, 0) is 31.2 Å². The zero-order chi connectivity index (χ0) is 17.4. The molecule has 1 aromatic heterocycles. The number of amides is 1. The van der Waals surface area contributed by atoms with Crippen LogP contribution in [0.2, 0.25) is 0 Å². The fourth-order valence-electron chi connectivity index (χ4n) is 2.11. The van der Waals surface area contributed by atoms with Gasteiger partial charge in [0, 0.05) is 12.2 Å². The molecule has 0 saturated carbocycles. The molecule has 0 aliphatic carbocycles. The molecule has 1 heterocycles. The lowest BCUT2D eigenvalue weighted by Crippen LogP contribution is -2.31. The number of rotatable bonds is 8. The highest BCUT2D eigenvalue weighted by Crippen LogP contribution is 2.16. The van der Waals surface area contributed by atoms with Gasteiger partial charge < -0.3 is 24.9 Å². The first-order chi connectivity index (χ1) is 11.6. The summed E-state index contributed by atoms with van der Waals surface area (Å²) in [6, 6.07) is 9.91. The smallest absolute Gasteiger partial charge is 0.340 e. The standard InChI is InChI=1S/C17H20N2O5/c1-12(15-7-4-10-23-15)19-16(21)11-24-17(22)13-5-2-3-6-14(13)18-8-9-20/h2-7,10,12,18,20H,8-9,11H2,1H3,(H,19,21)/t12-/m0/s1. The number of aliphatic hydroxyl groups excluding tert-OH is 1. The lowest BCUT2D eigenvalue weighted by atomic mass is 10.2. The van der Waals surface area contributed by atoms with Gasteiger partial charge in [-0.1, -0.05) is 12.1 Å². The summed E-state index contributed by atoms with van der Waals surface area (Å²) >= 11 is 0. The Labute approximate surface area is 139 Å². The van der Waals surface area contributed by atoms with Crippen LogP contribution in [0.1, 0.15) is 29.1 Å². The number of benzene rings is 1. The van der Waals surface area contributed by atoms with Crippen LogP contribution in [0, 0.1) is 0 Å². The van der Waals surface area contributed by atoms with E-state index >= 15 is 0 Å². The highest BCUT2D eigenvalue weighted by Gasteiger charge is 2.16. The minimum absolute atomic E-state index is 0.0591. The van der Waals surface area contributed by atoms with Gasteiger partial charge in [-0.15, -0.1) is 0 Å². The van der Waals surface area contributed by atoms with E-state index in [4.69, 9.17) is 14.3 Å². The number of para-hydroxylation sites is 1. The van der Waals surface area contributed by atoms with Crippen LogP contribution in [0.15, 0.2) is 47.1 Å². The molecular formula is C17H20N2O5. The van der Waals surface area contributed by atoms with Crippen LogP contribution < -0.4 is 10.6 Å². The highest BCUT2D eigenvalue weighted by atomic mass is 16.5. The summed E-state index contributed by atoms with van der Waals surface area (Å²) in [5.41, 5.74) is 0.846. The topological polar surface area (TPSA) is 101 Å². The maximum absolute atomic E-state index is 12.1. The predicted molar refractivity (Wildman–Crippen MR) is 87.6 cm³/mol. The Morgan fingerprint density at radius 2 is 2.04 bits per heavy atom. The summed E-state index contributed by atoms with van der Waals surface area (Å²) in [7, 11) is 0. The molecule has 0 radical (unpaired) electrons. The van der Waals surface area contributed by atoms with E-state index in [9.17, 15) is 9.59 Å². The second-order valence-corrected chi connectivity index (χ2v) is 5.08. The van der Waals surface area contributed by atoms with E-state index in [0.29, 0.717) is 23.6 Å². The van der Waals surface area contributed by atoms with E-state index < -0.39 is 18.5 Å². The Balaban J connectivity index is 1.87. The van der Waals surface area contributed by atoms with Crippen molar-refractivity contribution in [1.82, 2.24) is 5.32 Å². The summed E-state index contributed by atoms with van der Waals surface area (Å²) in [5.74, 6) is -0.418. The molecule has 7 heteroatoms. The minimum Gasteiger partial charge on any atom is -0.467 e. The zero-order valence-corrected chi connectivity index (χ0v) is 13.3. The van der Waals surface area contributed by atoms with E-state index in [1.165, 1.54) is 6.26 Å². The molecule has 1 aromatic carbocycles. The van der Waals surface area contributed by atoms with Gasteiger partial charge in [-0.25, -0.2) is 4.79 Å². The highest BCUT2D eigenvalue weighted by molar-refractivity contribution is 5.96. The Morgan fingerprint density at radius 1 is 1.25 bits per heavy atom. The normalized spacial score (nSPS) is 11.6. The van der Waals surface area contributed by atoms with Crippen LogP contribution in [0.5, 0.6) is 0 Å². The van der Waals surface area contributed by atoms with E-state index in [1.807, 2.05) is 0 Å². The van der Waals surface area contributed by atoms with Crippen LogP contribution in [-0.2, 0) is 9.53 Å². The van der Waals surface area contributed by atoms with E-state index in [2.05, 4.69) is 10.6 Å². The average Bonchev–Trinajstić information content (AvgIpc) is 3.13. The van der Waals surface area contributed by atoms with Crippen molar-refractivity contribution in [2.24, 2.45) is 0 Å². The third kappa shape index (κ3) is 4.85. The number of ether oxygens (including phenoxy) is 1. The Hall–Kier alpha value is -2.80. The summed E-state index contributed by atoms with van der Waals surface area (Å²) in [4.78, 5) is 24.0. The predicted octanol–water partition coefficient (Wildman–Crippen LogP) is 1.72. The first-order valence-corrected chi connectivity index (χ1v) is 7.55. The minimum atomic E-state index is -0.614. The lowest BCUT2D eigenvalue weighted by Gasteiger charge is -2.13. The molecule has 0 fully saturated rings. The lowest BCUT2D eigenvalue weighted by molar-refractivity contribution is -0.125. The van der Waals surface area contributed by atoms with Gasteiger partial charge in [0.05, 0.1) is 24.5 Å². The monoisotopic (exact) mass is 332 g/mol. The maximum atomic E-state index is 12.1. The molecular weight excluding hydrogens is 312 g/mol. The summed E-state index contributed by atoms with van der Waals surface area (Å²) in [6.45, 7) is 1.63. The van der Waals surface area contributed by atoms with Gasteiger partial charge >= 0.3 is 5.97 Å². The summed E-state index contributed by atoms with van der Waals surface area (Å²) in [6.07, 6.45) is 1.52. The number of hydrogen-bond acceptors (Lipinski definition) is 6. The number of anilines is 1. The number of hydrogen-bond donors (Lipinski definition) is 3. The van der Waals surface area contributed by atoms with Gasteiger partial charge in [0.15, 0.2) is 6.61 Å². The van der Waals surface area contributed by atoms with Crippen LogP contribution >= 0.6 is 0 Å². The van der Waals surface area contributed by atoms with Crippen LogP contribution in [-0.4, -0.2) is 36.7 Å². The molecule has 0 spiro atoms. The Morgan fingerprint density at radius 3 is 2.75 bits per heavy atom. The average molecular weight is 332 g/mol. The Bertz CT molecular complexity index is 669. The third-order valence-corrected chi connectivity index (χ3v) is 3.26. The number of esters is 1. The van der Waals surface area contributed by atoms with Crippen molar-refractivity contribution in [3.05, 3.63) is 54.0 Å². The zero-order valence-electron chi connectivity index (χ0n) is 13.3. The Kier molecular flexibility index (Phi) is 6.39. The van der Waals surface area contributed by atoms with Gasteiger partial charge in [0.2, 0.25) is 0 Å². The fraction of sp³-hybridized carbons (Fsp3) is 0.294. The fourth-order valence-corrected chi connectivity index (χ4v) is 2.11. The van der Waals surface area contributed by atoms with Gasteiger partial charge in [-0.3, -0.25) is 4.79 Å². The molecule has 2 aromatic rings. The molecule has 0 aliphatic rings. The summed E-state index contributed by atoms with van der Waals surface area (Å²) < 4.78 is 10.2. The van der Waals surface area contributed by atoms with Crippen LogP contribution in [0.3, 0.4) is 0 Å². The maximum Gasteiger partial charge on any atom is 0.340 e. The second-order valence-electron chi connectivity index (χ2n) is 5.08. The van der Waals surface area contributed by atoms with E-state index in [-0.39, 0.29) is 12.6 Å². The van der Waals surface area contributed by atoms with Gasteiger partial charge in [-0.2, -0.15) is 0 Å². The van der Waals surface area contributed by atoms with Crippen molar-refractivity contribution >= 4 is 17.6 Å². The molecule has 0 unspecified atom stereocenters. The molecule has 0 saturated heterocycles. The quantitative estimate of drug-likeness (QED) is 0.636. The number of carbonyl (C=O) groups is 2. The van der Waals surface area contributed by atoms with E-state index in [1.54, 1.807) is 43.3 Å². The SMILES string of the molecule is C[C@H](NC(=O)COC(=O)c1ccccc1NCCO)c1ccco1. The van der Waals surface area contributed by atoms with Gasteiger partial charge in [0.1, 0.15) is 5.76 Å². The van der Waals surface area contributed by atoms with Crippen molar-refractivity contribution < 1.29 is 23.8 Å². The number of aliphatic hydroxyl groups is 1. The molecule has 3 N–H and O–H groups in total. The molecule has 0 bridgehead atoms. The third-order valence-electron chi connectivity index (χ3n) is 3.26. The summed E-state index contributed by atoms with van der Waals surface area (Å²) in [5, 5.41) is 14.5. The molecule has 2 rings (SSSR count). The largest absolute Gasteiger partial charge is 0.467 e. The molecule has 0 aliphatic heterocycles. The van der Waals surface area contributed by atoms with Crippen molar-refractivity contribution in [1.29, 1.82) is 0 Å². The number of carbonyl (C=O) groups excluding carboxylic acids is 2. The molecule has 128 valence electrons. The van der Waals surface area contributed by atoms with Crippen LogP contribution in [0.4, 0.5) is 5.69 Å². The van der Waals surface area contributed by atoms with Crippen molar-refractivity contribution in [2.75, 3.05) is 25.1 Å². The van der Waals surface area contributed by atoms with Crippen molar-refractivity contribution in [3.8, 4) is 0 Å². The number of furan rings is 1. The van der Waals surface area contributed by atoms with Gasteiger partial charge in [0.25, 0.3) is 5.91 Å². The van der Waals surface area contributed by atoms with Crippen molar-refractivity contribution in [3.63, 3.8) is 0 Å². The molecule has 24 heavy (non-hydrogen) atoms. The second kappa shape index (κ2) is 8.73. The van der Waals surface area contributed by atoms with E-state index in [0.717, 1.165) is 0 Å². The molecule has 7 nitrogen and oxygen atoms in total.